The van der Waals surface area contributed by atoms with E-state index in [1.54, 1.807) is 18.2 Å². The first-order valence-electron chi connectivity index (χ1n) is 12.1. The van der Waals surface area contributed by atoms with E-state index in [4.69, 9.17) is 0 Å². The number of hydrogen-bond acceptors (Lipinski definition) is 5. The van der Waals surface area contributed by atoms with Gasteiger partial charge in [-0.1, -0.05) is 36.4 Å². The van der Waals surface area contributed by atoms with Crippen LogP contribution >= 0.6 is 0 Å². The molecule has 0 aromatic heterocycles. The lowest BCUT2D eigenvalue weighted by atomic mass is 9.97. The largest absolute Gasteiger partial charge is 0.326 e. The Balaban J connectivity index is 1.43. The van der Waals surface area contributed by atoms with Crippen LogP contribution in [0.5, 0.6) is 0 Å². The van der Waals surface area contributed by atoms with Crippen molar-refractivity contribution in [1.82, 2.24) is 8.61 Å². The zero-order valence-electron chi connectivity index (χ0n) is 20.4. The van der Waals surface area contributed by atoms with Gasteiger partial charge in [0.2, 0.25) is 26.0 Å². The number of nitrogens with zero attached hydrogens (tertiary/aromatic N) is 2. The van der Waals surface area contributed by atoms with Crippen LogP contribution in [0.4, 0.5) is 10.1 Å². The monoisotopic (exact) mass is 537 g/mol. The second kappa shape index (κ2) is 10.6. The molecule has 2 aliphatic rings. The molecule has 0 bridgehead atoms. The van der Waals surface area contributed by atoms with Crippen LogP contribution in [-0.4, -0.2) is 56.7 Å². The second-order valence-corrected chi connectivity index (χ2v) is 13.7. The van der Waals surface area contributed by atoms with Crippen molar-refractivity contribution < 1.29 is 26.0 Å². The third-order valence-corrected chi connectivity index (χ3v) is 10.8. The molecule has 2 aromatic carbocycles. The van der Waals surface area contributed by atoms with Gasteiger partial charge in [0.1, 0.15) is 11.1 Å². The Morgan fingerprint density at radius 1 is 1.06 bits per heavy atom. The van der Waals surface area contributed by atoms with Gasteiger partial charge in [-0.3, -0.25) is 4.79 Å². The van der Waals surface area contributed by atoms with Crippen molar-refractivity contribution in [3.63, 3.8) is 0 Å². The predicted molar refractivity (Wildman–Crippen MR) is 137 cm³/mol. The van der Waals surface area contributed by atoms with E-state index in [0.29, 0.717) is 25.7 Å². The minimum Gasteiger partial charge on any atom is -0.326 e. The van der Waals surface area contributed by atoms with E-state index in [2.05, 4.69) is 5.32 Å². The Labute approximate surface area is 212 Å². The predicted octanol–water partition coefficient (Wildman–Crippen LogP) is 3.49. The Morgan fingerprint density at radius 3 is 2.33 bits per heavy atom. The van der Waals surface area contributed by atoms with Crippen molar-refractivity contribution >= 4 is 31.6 Å². The van der Waals surface area contributed by atoms with Crippen LogP contribution in [0.1, 0.15) is 49.0 Å². The van der Waals surface area contributed by atoms with E-state index >= 15 is 4.39 Å². The maximum absolute atomic E-state index is 15.0. The maximum Gasteiger partial charge on any atom is 0.227 e. The summed E-state index contributed by atoms with van der Waals surface area (Å²) in [5, 5.41) is 2.05. The number of carbonyl (C=O) groups is 1. The van der Waals surface area contributed by atoms with Gasteiger partial charge in [-0.15, -0.1) is 0 Å². The van der Waals surface area contributed by atoms with Crippen LogP contribution in [0, 0.1) is 11.7 Å². The van der Waals surface area contributed by atoms with Crippen molar-refractivity contribution in [1.29, 1.82) is 0 Å². The van der Waals surface area contributed by atoms with Gasteiger partial charge < -0.3 is 5.32 Å². The number of hydrogen-bond donors (Lipinski definition) is 1. The third-order valence-electron chi connectivity index (χ3n) is 7.14. The topological polar surface area (TPSA) is 104 Å². The summed E-state index contributed by atoms with van der Waals surface area (Å²) in [5.74, 6) is -1.24. The SMILES string of the molecule is C[C@H]1CCC(c2ccccc2)S(=O)(=O)N1Cc1ccc(NC(=O)C2CCN(S(C)(=O)=O)CC2)cc1F. The smallest absolute Gasteiger partial charge is 0.227 e. The van der Waals surface area contributed by atoms with Crippen LogP contribution in [-0.2, 0) is 31.4 Å². The maximum atomic E-state index is 15.0. The normalized spacial score (nSPS) is 23.9. The van der Waals surface area contributed by atoms with Gasteiger partial charge >= 0.3 is 0 Å². The standard InChI is InChI=1S/C25H32FN3O5S2/c1-18-8-11-24(19-6-4-3-5-7-19)36(33,34)29(18)17-21-9-10-22(16-23(21)26)27-25(30)20-12-14-28(15-13-20)35(2,31)32/h3-7,9-10,16,18,20,24H,8,11-15,17H2,1-2H3,(H,27,30)/t18-,24?/m0/s1. The fourth-order valence-electron chi connectivity index (χ4n) is 4.97. The lowest BCUT2D eigenvalue weighted by Gasteiger charge is -2.37. The van der Waals surface area contributed by atoms with E-state index in [1.165, 1.54) is 20.7 Å². The number of sulfonamides is 2. The van der Waals surface area contributed by atoms with Crippen molar-refractivity contribution in [2.75, 3.05) is 24.7 Å². The summed E-state index contributed by atoms with van der Waals surface area (Å²) in [6.45, 7) is 2.30. The Kier molecular flexibility index (Phi) is 7.84. The number of rotatable bonds is 6. The van der Waals surface area contributed by atoms with E-state index in [0.717, 1.165) is 11.8 Å². The summed E-state index contributed by atoms with van der Waals surface area (Å²) in [5.41, 5.74) is 1.25. The lowest BCUT2D eigenvalue weighted by Crippen LogP contribution is -2.44. The molecule has 8 nitrogen and oxygen atoms in total. The number of halogens is 1. The van der Waals surface area contributed by atoms with Gasteiger partial charge in [-0.05, 0) is 50.3 Å². The van der Waals surface area contributed by atoms with E-state index in [-0.39, 0.29) is 48.8 Å². The molecule has 2 aromatic rings. The minimum atomic E-state index is -3.69. The van der Waals surface area contributed by atoms with E-state index < -0.39 is 31.1 Å². The van der Waals surface area contributed by atoms with Crippen LogP contribution in [0.15, 0.2) is 48.5 Å². The van der Waals surface area contributed by atoms with Crippen molar-refractivity contribution in [2.45, 2.75) is 50.4 Å². The molecule has 4 rings (SSSR count). The Morgan fingerprint density at radius 2 is 1.72 bits per heavy atom. The van der Waals surface area contributed by atoms with Gasteiger partial charge in [0, 0.05) is 42.8 Å². The Bertz CT molecular complexity index is 1310. The highest BCUT2D eigenvalue weighted by molar-refractivity contribution is 7.89. The highest BCUT2D eigenvalue weighted by Gasteiger charge is 2.40. The quantitative estimate of drug-likeness (QED) is 0.608. The van der Waals surface area contributed by atoms with Crippen molar-refractivity contribution in [3.8, 4) is 0 Å². The van der Waals surface area contributed by atoms with Crippen LogP contribution in [0.3, 0.4) is 0 Å². The van der Waals surface area contributed by atoms with Crippen LogP contribution < -0.4 is 5.32 Å². The molecular weight excluding hydrogens is 505 g/mol. The zero-order chi connectivity index (χ0) is 26.1. The van der Waals surface area contributed by atoms with Gasteiger partial charge in [0.05, 0.1) is 6.26 Å². The number of carbonyl (C=O) groups excluding carboxylic acids is 1. The molecule has 1 N–H and O–H groups in total. The number of amides is 1. The molecule has 2 atom stereocenters. The molecule has 1 amide bonds. The summed E-state index contributed by atoms with van der Waals surface area (Å²) in [7, 11) is -6.97. The van der Waals surface area contributed by atoms with Gasteiger partial charge in [0.15, 0.2) is 0 Å². The van der Waals surface area contributed by atoms with Crippen molar-refractivity contribution in [2.24, 2.45) is 5.92 Å². The van der Waals surface area contributed by atoms with Crippen LogP contribution in [0.25, 0.3) is 0 Å². The second-order valence-electron chi connectivity index (χ2n) is 9.65. The number of anilines is 1. The number of nitrogens with one attached hydrogen (secondary N) is 1. The average molecular weight is 538 g/mol. The van der Waals surface area contributed by atoms with Gasteiger partial charge in [0.25, 0.3) is 0 Å². The molecule has 196 valence electrons. The van der Waals surface area contributed by atoms with Crippen LogP contribution in [0.2, 0.25) is 0 Å². The van der Waals surface area contributed by atoms with Gasteiger partial charge in [-0.2, -0.15) is 4.31 Å². The minimum absolute atomic E-state index is 0.0865. The molecule has 0 saturated carbocycles. The number of benzene rings is 2. The molecule has 2 aliphatic heterocycles. The molecule has 2 heterocycles. The average Bonchev–Trinajstić information content (AvgIpc) is 2.83. The van der Waals surface area contributed by atoms with E-state index in [1.807, 2.05) is 25.1 Å². The summed E-state index contributed by atoms with van der Waals surface area (Å²) in [6.07, 6.45) is 3.13. The molecule has 2 fully saturated rings. The summed E-state index contributed by atoms with van der Waals surface area (Å²) in [4.78, 5) is 12.6. The molecule has 0 radical (unpaired) electrons. The molecule has 0 aliphatic carbocycles. The number of piperidine rings is 1. The zero-order valence-corrected chi connectivity index (χ0v) is 22.1. The van der Waals surface area contributed by atoms with E-state index in [9.17, 15) is 21.6 Å². The first-order valence-corrected chi connectivity index (χ1v) is 15.4. The first kappa shape index (κ1) is 26.7. The Hall–Kier alpha value is -2.34. The third kappa shape index (κ3) is 5.80. The summed E-state index contributed by atoms with van der Waals surface area (Å²) >= 11 is 0. The lowest BCUT2D eigenvalue weighted by molar-refractivity contribution is -0.120. The summed E-state index contributed by atoms with van der Waals surface area (Å²) in [6, 6.07) is 13.1. The fraction of sp³-hybridized carbons (Fsp3) is 0.480. The fourth-order valence-corrected chi connectivity index (χ4v) is 8.03. The molecule has 36 heavy (non-hydrogen) atoms. The highest BCUT2D eigenvalue weighted by atomic mass is 32.2. The first-order chi connectivity index (χ1) is 17.0. The highest BCUT2D eigenvalue weighted by Crippen LogP contribution is 2.38. The molecular formula is C25H32FN3O5S2. The summed E-state index contributed by atoms with van der Waals surface area (Å²) < 4.78 is 67.9. The van der Waals surface area contributed by atoms with Crippen molar-refractivity contribution in [3.05, 3.63) is 65.5 Å². The molecule has 11 heteroatoms. The molecule has 2 saturated heterocycles. The van der Waals surface area contributed by atoms with Gasteiger partial charge in [-0.25, -0.2) is 25.5 Å². The molecule has 0 spiro atoms. The molecule has 1 unspecified atom stereocenters.